The van der Waals surface area contributed by atoms with Crippen molar-refractivity contribution in [3.05, 3.63) is 0 Å². The molecule has 3 heteroatoms. The van der Waals surface area contributed by atoms with Gasteiger partial charge in [0.2, 0.25) is 5.91 Å². The van der Waals surface area contributed by atoms with Gasteiger partial charge < -0.3 is 11.1 Å². The van der Waals surface area contributed by atoms with Crippen LogP contribution in [0.3, 0.4) is 0 Å². The molecule has 0 radical (unpaired) electrons. The van der Waals surface area contributed by atoms with E-state index < -0.39 is 0 Å². The summed E-state index contributed by atoms with van der Waals surface area (Å²) in [7, 11) is 0. The van der Waals surface area contributed by atoms with Crippen molar-refractivity contribution in [1.29, 1.82) is 0 Å². The molecule has 1 heterocycles. The molecule has 0 spiro atoms. The van der Waals surface area contributed by atoms with Gasteiger partial charge in [0.1, 0.15) is 0 Å². The number of rotatable bonds is 2. The van der Waals surface area contributed by atoms with Crippen LogP contribution < -0.4 is 11.1 Å². The van der Waals surface area contributed by atoms with Crippen LogP contribution in [0.2, 0.25) is 0 Å². The molecule has 0 aliphatic carbocycles. The van der Waals surface area contributed by atoms with Gasteiger partial charge in [0, 0.05) is 12.0 Å². The Morgan fingerprint density at radius 3 is 2.73 bits per heavy atom. The summed E-state index contributed by atoms with van der Waals surface area (Å²) in [6.07, 6.45) is 1.58. The lowest BCUT2D eigenvalue weighted by Gasteiger charge is -2.25. The van der Waals surface area contributed by atoms with Gasteiger partial charge in [-0.2, -0.15) is 0 Å². The highest BCUT2D eigenvalue weighted by molar-refractivity contribution is 5.74. The summed E-state index contributed by atoms with van der Waals surface area (Å²) in [6.45, 7) is 5.24. The van der Waals surface area contributed by atoms with Gasteiger partial charge in [-0.3, -0.25) is 4.79 Å². The summed E-state index contributed by atoms with van der Waals surface area (Å²) in [6, 6.07) is 0. The maximum Gasteiger partial charge on any atom is 0.217 e. The quantitative estimate of drug-likeness (QED) is 0.602. The van der Waals surface area contributed by atoms with Crippen LogP contribution in [0.5, 0.6) is 0 Å². The van der Waals surface area contributed by atoms with Crippen molar-refractivity contribution in [3.8, 4) is 0 Å². The van der Waals surface area contributed by atoms with Gasteiger partial charge in [0.05, 0.1) is 0 Å². The maximum absolute atomic E-state index is 10.6. The molecule has 1 atom stereocenters. The summed E-state index contributed by atoms with van der Waals surface area (Å²) < 4.78 is 0. The second-order valence-electron chi connectivity index (χ2n) is 3.80. The van der Waals surface area contributed by atoms with E-state index in [1.165, 1.54) is 0 Å². The molecule has 0 bridgehead atoms. The minimum absolute atomic E-state index is 0.0923. The summed E-state index contributed by atoms with van der Waals surface area (Å²) in [5.41, 5.74) is 5.22. The SMILES string of the molecule is CC1(C)NCCC1CC(N)=O. The normalized spacial score (nSPS) is 28.7. The van der Waals surface area contributed by atoms with E-state index >= 15 is 0 Å². The van der Waals surface area contributed by atoms with E-state index in [1.54, 1.807) is 0 Å². The summed E-state index contributed by atoms with van der Waals surface area (Å²) in [4.78, 5) is 10.6. The molecule has 64 valence electrons. The van der Waals surface area contributed by atoms with Crippen molar-refractivity contribution >= 4 is 5.91 Å². The fraction of sp³-hybridized carbons (Fsp3) is 0.875. The second kappa shape index (κ2) is 2.81. The minimum Gasteiger partial charge on any atom is -0.370 e. The van der Waals surface area contributed by atoms with Gasteiger partial charge in [-0.15, -0.1) is 0 Å². The zero-order valence-corrected chi connectivity index (χ0v) is 7.18. The van der Waals surface area contributed by atoms with Gasteiger partial charge in [0.25, 0.3) is 0 Å². The van der Waals surface area contributed by atoms with Gasteiger partial charge in [0.15, 0.2) is 0 Å². The van der Waals surface area contributed by atoms with Crippen molar-refractivity contribution in [2.75, 3.05) is 6.54 Å². The Hall–Kier alpha value is -0.570. The number of nitrogens with one attached hydrogen (secondary N) is 1. The van der Waals surface area contributed by atoms with E-state index in [-0.39, 0.29) is 11.4 Å². The Bertz CT molecular complexity index is 165. The molecular formula is C8H16N2O. The third kappa shape index (κ3) is 1.93. The standard InChI is InChI=1S/C8H16N2O/c1-8(2)6(3-4-10-8)5-7(9)11/h6,10H,3-5H2,1-2H3,(H2,9,11). The summed E-state index contributed by atoms with van der Waals surface area (Å²) in [5.74, 6) is 0.228. The molecule has 1 aliphatic heterocycles. The van der Waals surface area contributed by atoms with Crippen LogP contribution in [-0.4, -0.2) is 18.0 Å². The van der Waals surface area contributed by atoms with E-state index in [4.69, 9.17) is 5.73 Å². The van der Waals surface area contributed by atoms with Crippen LogP contribution in [0.15, 0.2) is 0 Å². The minimum atomic E-state index is -0.188. The Balaban J connectivity index is 2.51. The maximum atomic E-state index is 10.6. The first kappa shape index (κ1) is 8.53. The second-order valence-corrected chi connectivity index (χ2v) is 3.80. The van der Waals surface area contributed by atoms with Crippen LogP contribution in [-0.2, 0) is 4.79 Å². The highest BCUT2D eigenvalue weighted by atomic mass is 16.1. The fourth-order valence-electron chi connectivity index (χ4n) is 1.67. The molecule has 11 heavy (non-hydrogen) atoms. The molecule has 3 N–H and O–H groups in total. The fourth-order valence-corrected chi connectivity index (χ4v) is 1.67. The topological polar surface area (TPSA) is 55.1 Å². The monoisotopic (exact) mass is 156 g/mol. The summed E-state index contributed by atoms with van der Waals surface area (Å²) >= 11 is 0. The Labute approximate surface area is 67.3 Å². The highest BCUT2D eigenvalue weighted by Gasteiger charge is 2.34. The first-order chi connectivity index (χ1) is 5.02. The third-order valence-electron chi connectivity index (χ3n) is 2.54. The van der Waals surface area contributed by atoms with Crippen molar-refractivity contribution < 1.29 is 4.79 Å². The molecule has 0 saturated carbocycles. The van der Waals surface area contributed by atoms with Gasteiger partial charge in [-0.1, -0.05) is 0 Å². The van der Waals surface area contributed by atoms with Crippen LogP contribution >= 0.6 is 0 Å². The van der Waals surface area contributed by atoms with E-state index in [2.05, 4.69) is 19.2 Å². The molecule has 3 nitrogen and oxygen atoms in total. The van der Waals surface area contributed by atoms with Crippen molar-refractivity contribution in [3.63, 3.8) is 0 Å². The zero-order valence-electron chi connectivity index (χ0n) is 7.18. The van der Waals surface area contributed by atoms with Crippen LogP contribution in [0.4, 0.5) is 0 Å². The molecule has 0 aromatic carbocycles. The third-order valence-corrected chi connectivity index (χ3v) is 2.54. The van der Waals surface area contributed by atoms with Crippen molar-refractivity contribution in [1.82, 2.24) is 5.32 Å². The Kier molecular flexibility index (Phi) is 2.18. The van der Waals surface area contributed by atoms with Crippen molar-refractivity contribution in [2.45, 2.75) is 32.2 Å². The van der Waals surface area contributed by atoms with E-state index in [0.717, 1.165) is 13.0 Å². The smallest absolute Gasteiger partial charge is 0.217 e. The predicted molar refractivity (Wildman–Crippen MR) is 44.0 cm³/mol. The van der Waals surface area contributed by atoms with Crippen LogP contribution in [0.25, 0.3) is 0 Å². The van der Waals surface area contributed by atoms with Gasteiger partial charge >= 0.3 is 0 Å². The Morgan fingerprint density at radius 2 is 2.36 bits per heavy atom. The van der Waals surface area contributed by atoms with E-state index in [0.29, 0.717) is 12.3 Å². The van der Waals surface area contributed by atoms with Gasteiger partial charge in [-0.05, 0) is 32.7 Å². The lowest BCUT2D eigenvalue weighted by molar-refractivity contribution is -0.119. The number of nitrogens with two attached hydrogens (primary N) is 1. The molecule has 1 rings (SSSR count). The predicted octanol–water partition coefficient (Wildman–Crippen LogP) is 0.250. The number of primary amides is 1. The first-order valence-corrected chi connectivity index (χ1v) is 4.06. The number of hydrogen-bond acceptors (Lipinski definition) is 2. The number of carbonyl (C=O) groups is 1. The molecule has 1 unspecified atom stereocenters. The van der Waals surface area contributed by atoms with Crippen molar-refractivity contribution in [2.24, 2.45) is 11.7 Å². The van der Waals surface area contributed by atoms with Gasteiger partial charge in [-0.25, -0.2) is 0 Å². The molecule has 0 aromatic rings. The highest BCUT2D eigenvalue weighted by Crippen LogP contribution is 2.28. The summed E-state index contributed by atoms with van der Waals surface area (Å²) in [5, 5.41) is 3.34. The average Bonchev–Trinajstić information content (AvgIpc) is 2.10. The molecule has 1 aliphatic rings. The largest absolute Gasteiger partial charge is 0.370 e. The van der Waals surface area contributed by atoms with E-state index in [1.807, 2.05) is 0 Å². The lowest BCUT2D eigenvalue weighted by Crippen LogP contribution is -2.39. The van der Waals surface area contributed by atoms with Crippen LogP contribution in [0, 0.1) is 5.92 Å². The molecular weight excluding hydrogens is 140 g/mol. The molecule has 1 fully saturated rings. The van der Waals surface area contributed by atoms with Crippen LogP contribution in [0.1, 0.15) is 26.7 Å². The molecule has 1 amide bonds. The number of hydrogen-bond donors (Lipinski definition) is 2. The zero-order chi connectivity index (χ0) is 8.48. The molecule has 0 aromatic heterocycles. The lowest BCUT2D eigenvalue weighted by atomic mass is 9.86. The average molecular weight is 156 g/mol. The first-order valence-electron chi connectivity index (χ1n) is 4.06. The number of amides is 1. The van der Waals surface area contributed by atoms with E-state index in [9.17, 15) is 4.79 Å². The number of carbonyl (C=O) groups excluding carboxylic acids is 1. The molecule has 1 saturated heterocycles. The Morgan fingerprint density at radius 1 is 1.73 bits per heavy atom.